The van der Waals surface area contributed by atoms with Gasteiger partial charge >= 0.3 is 5.97 Å². The molecule has 1 N–H and O–H groups in total. The summed E-state index contributed by atoms with van der Waals surface area (Å²) in [6.45, 7) is 0.340. The standard InChI is InChI=1S/C21H17FO3/c22-19-9-5-4-8-18(19)16-10-11-20(17(12-16)13-21(23)24)25-14-15-6-2-1-3-7-15/h1-12H,13-14H2,(H,23,24). The number of rotatable bonds is 6. The van der Waals surface area contributed by atoms with Gasteiger partial charge < -0.3 is 9.84 Å². The Morgan fingerprint density at radius 1 is 0.960 bits per heavy atom. The average molecular weight is 336 g/mol. The number of carboxylic acids is 1. The van der Waals surface area contributed by atoms with Crippen LogP contribution in [0.4, 0.5) is 4.39 Å². The van der Waals surface area contributed by atoms with E-state index in [1.807, 2.05) is 30.3 Å². The van der Waals surface area contributed by atoms with Crippen LogP contribution in [0.3, 0.4) is 0 Å². The summed E-state index contributed by atoms with van der Waals surface area (Å²) in [4.78, 5) is 11.2. The number of aliphatic carboxylic acids is 1. The highest BCUT2D eigenvalue weighted by atomic mass is 19.1. The molecular formula is C21H17FO3. The summed E-state index contributed by atoms with van der Waals surface area (Å²) in [7, 11) is 0. The van der Waals surface area contributed by atoms with Crippen LogP contribution in [0.15, 0.2) is 72.8 Å². The summed E-state index contributed by atoms with van der Waals surface area (Å²) in [6.07, 6.45) is -0.188. The van der Waals surface area contributed by atoms with Gasteiger partial charge in [0.2, 0.25) is 0 Å². The molecule has 0 saturated heterocycles. The molecule has 0 atom stereocenters. The minimum absolute atomic E-state index is 0.188. The van der Waals surface area contributed by atoms with Crippen LogP contribution in [-0.4, -0.2) is 11.1 Å². The van der Waals surface area contributed by atoms with Crippen LogP contribution >= 0.6 is 0 Å². The second kappa shape index (κ2) is 7.62. The number of carboxylic acid groups (broad SMARTS) is 1. The predicted octanol–water partition coefficient (Wildman–Crippen LogP) is 4.70. The Balaban J connectivity index is 1.90. The number of benzene rings is 3. The van der Waals surface area contributed by atoms with Crippen LogP contribution in [-0.2, 0) is 17.8 Å². The molecule has 3 aromatic carbocycles. The molecule has 0 aliphatic heterocycles. The van der Waals surface area contributed by atoms with Gasteiger partial charge in [-0.2, -0.15) is 0 Å². The van der Waals surface area contributed by atoms with Crippen molar-refractivity contribution in [1.29, 1.82) is 0 Å². The molecule has 0 fully saturated rings. The molecule has 126 valence electrons. The summed E-state index contributed by atoms with van der Waals surface area (Å²) < 4.78 is 19.8. The highest BCUT2D eigenvalue weighted by Crippen LogP contribution is 2.29. The van der Waals surface area contributed by atoms with Crippen molar-refractivity contribution in [3.8, 4) is 16.9 Å². The van der Waals surface area contributed by atoms with Crippen molar-refractivity contribution in [3.63, 3.8) is 0 Å². The van der Waals surface area contributed by atoms with Crippen LogP contribution in [0.1, 0.15) is 11.1 Å². The van der Waals surface area contributed by atoms with E-state index in [0.717, 1.165) is 5.56 Å². The lowest BCUT2D eigenvalue weighted by Crippen LogP contribution is -2.04. The summed E-state index contributed by atoms with van der Waals surface area (Å²) in [5, 5.41) is 9.16. The highest BCUT2D eigenvalue weighted by Gasteiger charge is 2.12. The van der Waals surface area contributed by atoms with Crippen molar-refractivity contribution in [2.75, 3.05) is 0 Å². The van der Waals surface area contributed by atoms with Crippen molar-refractivity contribution >= 4 is 5.97 Å². The Morgan fingerprint density at radius 2 is 1.68 bits per heavy atom. The van der Waals surface area contributed by atoms with Crippen LogP contribution in [0.25, 0.3) is 11.1 Å². The smallest absolute Gasteiger partial charge is 0.307 e. The molecule has 0 aliphatic rings. The number of hydrogen-bond acceptors (Lipinski definition) is 2. The van der Waals surface area contributed by atoms with E-state index in [0.29, 0.717) is 29.0 Å². The molecule has 0 saturated carbocycles. The molecule has 3 aromatic rings. The molecular weight excluding hydrogens is 319 g/mol. The van der Waals surface area contributed by atoms with Gasteiger partial charge in [-0.15, -0.1) is 0 Å². The zero-order valence-corrected chi connectivity index (χ0v) is 13.5. The predicted molar refractivity (Wildman–Crippen MR) is 93.9 cm³/mol. The maximum atomic E-state index is 14.0. The van der Waals surface area contributed by atoms with E-state index < -0.39 is 5.97 Å². The zero-order valence-electron chi connectivity index (χ0n) is 13.5. The first kappa shape index (κ1) is 16.7. The van der Waals surface area contributed by atoms with Crippen molar-refractivity contribution in [3.05, 3.63) is 89.7 Å². The van der Waals surface area contributed by atoms with Crippen LogP contribution in [0, 0.1) is 5.82 Å². The molecule has 0 bridgehead atoms. The topological polar surface area (TPSA) is 46.5 Å². The van der Waals surface area contributed by atoms with E-state index >= 15 is 0 Å². The van der Waals surface area contributed by atoms with Gasteiger partial charge in [-0.1, -0.05) is 54.6 Å². The first-order valence-corrected chi connectivity index (χ1v) is 7.90. The van der Waals surface area contributed by atoms with Crippen LogP contribution in [0.5, 0.6) is 5.75 Å². The van der Waals surface area contributed by atoms with Gasteiger partial charge in [-0.25, -0.2) is 4.39 Å². The van der Waals surface area contributed by atoms with Crippen molar-refractivity contribution in [2.24, 2.45) is 0 Å². The van der Waals surface area contributed by atoms with Gasteiger partial charge in [0, 0.05) is 11.1 Å². The third-order valence-corrected chi connectivity index (χ3v) is 3.82. The van der Waals surface area contributed by atoms with Gasteiger partial charge in [-0.3, -0.25) is 4.79 Å². The van der Waals surface area contributed by atoms with Gasteiger partial charge in [0.15, 0.2) is 0 Å². The molecule has 0 unspecified atom stereocenters. The number of hydrogen-bond donors (Lipinski definition) is 1. The molecule has 0 spiro atoms. The fourth-order valence-corrected chi connectivity index (χ4v) is 2.62. The Bertz CT molecular complexity index is 875. The van der Waals surface area contributed by atoms with Gasteiger partial charge in [0.05, 0.1) is 6.42 Å². The quantitative estimate of drug-likeness (QED) is 0.710. The Hall–Kier alpha value is -3.14. The van der Waals surface area contributed by atoms with Gasteiger partial charge in [0.25, 0.3) is 0 Å². The highest BCUT2D eigenvalue weighted by molar-refractivity contribution is 5.74. The fourth-order valence-electron chi connectivity index (χ4n) is 2.62. The summed E-state index contributed by atoms with van der Waals surface area (Å²) in [5.74, 6) is -0.816. The van der Waals surface area contributed by atoms with E-state index in [1.54, 1.807) is 36.4 Å². The molecule has 0 amide bonds. The lowest BCUT2D eigenvalue weighted by Gasteiger charge is -2.13. The Morgan fingerprint density at radius 3 is 2.40 bits per heavy atom. The van der Waals surface area contributed by atoms with Crippen LogP contribution < -0.4 is 4.74 Å². The molecule has 3 nitrogen and oxygen atoms in total. The largest absolute Gasteiger partial charge is 0.489 e. The number of carbonyl (C=O) groups is 1. The summed E-state index contributed by atoms with van der Waals surface area (Å²) >= 11 is 0. The van der Waals surface area contributed by atoms with E-state index in [4.69, 9.17) is 9.84 Å². The van der Waals surface area contributed by atoms with Crippen molar-refractivity contribution in [1.82, 2.24) is 0 Å². The van der Waals surface area contributed by atoms with Gasteiger partial charge in [0.1, 0.15) is 18.2 Å². The monoisotopic (exact) mass is 336 g/mol. The van der Waals surface area contributed by atoms with Crippen molar-refractivity contribution < 1.29 is 19.0 Å². The van der Waals surface area contributed by atoms with E-state index in [1.165, 1.54) is 6.07 Å². The lowest BCUT2D eigenvalue weighted by molar-refractivity contribution is -0.136. The molecule has 25 heavy (non-hydrogen) atoms. The molecule has 0 aromatic heterocycles. The molecule has 0 radical (unpaired) electrons. The third-order valence-electron chi connectivity index (χ3n) is 3.82. The van der Waals surface area contributed by atoms with E-state index in [9.17, 15) is 9.18 Å². The van der Waals surface area contributed by atoms with Gasteiger partial charge in [-0.05, 0) is 29.3 Å². The maximum absolute atomic E-state index is 14.0. The number of halogens is 1. The van der Waals surface area contributed by atoms with Crippen molar-refractivity contribution in [2.45, 2.75) is 13.0 Å². The normalized spacial score (nSPS) is 10.4. The summed E-state index contributed by atoms with van der Waals surface area (Å²) in [5.41, 5.74) is 2.57. The number of ether oxygens (including phenoxy) is 1. The average Bonchev–Trinajstić information content (AvgIpc) is 2.61. The Labute approximate surface area is 145 Å². The molecule has 0 heterocycles. The minimum atomic E-state index is -0.963. The minimum Gasteiger partial charge on any atom is -0.489 e. The Kier molecular flexibility index (Phi) is 5.09. The molecule has 0 aliphatic carbocycles. The zero-order chi connectivity index (χ0) is 17.6. The second-order valence-electron chi connectivity index (χ2n) is 5.65. The third kappa shape index (κ3) is 4.23. The SMILES string of the molecule is O=C(O)Cc1cc(-c2ccccc2F)ccc1OCc1ccccc1. The lowest BCUT2D eigenvalue weighted by atomic mass is 10.0. The first-order chi connectivity index (χ1) is 12.1. The van der Waals surface area contributed by atoms with Crippen LogP contribution in [0.2, 0.25) is 0 Å². The van der Waals surface area contributed by atoms with E-state index in [2.05, 4.69) is 0 Å². The first-order valence-electron chi connectivity index (χ1n) is 7.90. The molecule has 3 rings (SSSR count). The maximum Gasteiger partial charge on any atom is 0.307 e. The molecule has 4 heteroatoms. The summed E-state index contributed by atoms with van der Waals surface area (Å²) in [6, 6.07) is 21.1. The van der Waals surface area contributed by atoms with E-state index in [-0.39, 0.29) is 12.2 Å². The second-order valence-corrected chi connectivity index (χ2v) is 5.65. The fraction of sp³-hybridized carbons (Fsp3) is 0.0952.